The van der Waals surface area contributed by atoms with Crippen molar-refractivity contribution in [2.24, 2.45) is 5.92 Å². The Morgan fingerprint density at radius 2 is 1.86 bits per heavy atom. The molecule has 0 bridgehead atoms. The number of carbonyl (C=O) groups excluding carboxylic acids is 3. The summed E-state index contributed by atoms with van der Waals surface area (Å²) >= 11 is 0. The zero-order valence-corrected chi connectivity index (χ0v) is 17.3. The minimum Gasteiger partial charge on any atom is -0.359 e. The van der Waals surface area contributed by atoms with E-state index in [4.69, 9.17) is 0 Å². The third kappa shape index (κ3) is 5.55. The van der Waals surface area contributed by atoms with E-state index >= 15 is 0 Å². The van der Waals surface area contributed by atoms with Gasteiger partial charge >= 0.3 is 0 Å². The Bertz CT molecular complexity index is 699. The van der Waals surface area contributed by atoms with E-state index in [0.717, 1.165) is 30.5 Å². The molecule has 1 aromatic rings. The fourth-order valence-electron chi connectivity index (χ4n) is 3.66. The highest BCUT2D eigenvalue weighted by molar-refractivity contribution is 5.95. The molecule has 7 nitrogen and oxygen atoms in total. The summed E-state index contributed by atoms with van der Waals surface area (Å²) in [5.74, 6) is -0.204. The number of para-hydroxylation sites is 1. The van der Waals surface area contributed by atoms with Crippen LogP contribution in [0.1, 0.15) is 32.3 Å². The first-order valence-corrected chi connectivity index (χ1v) is 9.95. The van der Waals surface area contributed by atoms with Crippen molar-refractivity contribution in [1.82, 2.24) is 15.1 Å². The number of amides is 3. The number of nitrogens with zero attached hydrogens (tertiary/aromatic N) is 2. The molecule has 0 spiro atoms. The van der Waals surface area contributed by atoms with Crippen LogP contribution in [0.4, 0.5) is 5.69 Å². The largest absolute Gasteiger partial charge is 0.359 e. The number of carbonyl (C=O) groups is 3. The average Bonchev–Trinajstić information content (AvgIpc) is 2.72. The lowest BCUT2D eigenvalue weighted by atomic mass is 9.95. The van der Waals surface area contributed by atoms with E-state index in [0.29, 0.717) is 13.1 Å². The van der Waals surface area contributed by atoms with Crippen molar-refractivity contribution in [1.29, 1.82) is 0 Å². The van der Waals surface area contributed by atoms with E-state index in [1.54, 1.807) is 14.1 Å². The Morgan fingerprint density at radius 1 is 1.21 bits per heavy atom. The molecule has 1 heterocycles. The summed E-state index contributed by atoms with van der Waals surface area (Å²) in [4.78, 5) is 40.4. The van der Waals surface area contributed by atoms with Crippen molar-refractivity contribution in [3.05, 3.63) is 29.8 Å². The number of hydrogen-bond acceptors (Lipinski definition) is 4. The van der Waals surface area contributed by atoms with Crippen LogP contribution in [0.15, 0.2) is 24.3 Å². The molecule has 1 fully saturated rings. The van der Waals surface area contributed by atoms with E-state index < -0.39 is 0 Å². The Hall–Kier alpha value is -2.41. The molecule has 2 N–H and O–H groups in total. The van der Waals surface area contributed by atoms with Crippen molar-refractivity contribution in [3.63, 3.8) is 0 Å². The maximum absolute atomic E-state index is 12.7. The molecule has 0 aromatic heterocycles. The van der Waals surface area contributed by atoms with Gasteiger partial charge in [0, 0.05) is 25.7 Å². The second-order valence-corrected chi connectivity index (χ2v) is 7.35. The zero-order chi connectivity index (χ0) is 20.7. The lowest BCUT2D eigenvalue weighted by molar-refractivity contribution is -0.138. The van der Waals surface area contributed by atoms with Crippen LogP contribution in [-0.4, -0.2) is 67.3 Å². The molecule has 2 rings (SSSR count). The van der Waals surface area contributed by atoms with Gasteiger partial charge in [-0.3, -0.25) is 19.3 Å². The first-order chi connectivity index (χ1) is 13.4. The molecule has 1 unspecified atom stereocenters. The third-order valence-electron chi connectivity index (χ3n) is 5.48. The molecule has 0 saturated carbocycles. The van der Waals surface area contributed by atoms with Crippen molar-refractivity contribution < 1.29 is 14.4 Å². The van der Waals surface area contributed by atoms with Gasteiger partial charge < -0.3 is 15.5 Å². The molecule has 7 heteroatoms. The van der Waals surface area contributed by atoms with Gasteiger partial charge in [0.05, 0.1) is 12.6 Å². The number of benzene rings is 1. The van der Waals surface area contributed by atoms with Crippen molar-refractivity contribution >= 4 is 23.4 Å². The van der Waals surface area contributed by atoms with E-state index in [9.17, 15) is 14.4 Å². The fourth-order valence-corrected chi connectivity index (χ4v) is 3.66. The summed E-state index contributed by atoms with van der Waals surface area (Å²) < 4.78 is 0. The Kier molecular flexibility index (Phi) is 7.99. The summed E-state index contributed by atoms with van der Waals surface area (Å²) in [5.41, 5.74) is 1.86. The van der Waals surface area contributed by atoms with E-state index in [-0.39, 0.29) is 36.2 Å². The predicted molar refractivity (Wildman–Crippen MR) is 110 cm³/mol. The number of aryl methyl sites for hydroxylation is 1. The molecule has 0 aliphatic carbocycles. The van der Waals surface area contributed by atoms with Crippen LogP contribution in [-0.2, 0) is 20.8 Å². The van der Waals surface area contributed by atoms with Crippen molar-refractivity contribution in [2.45, 2.75) is 39.2 Å². The Balaban J connectivity index is 1.86. The maximum Gasteiger partial charge on any atom is 0.243 e. The number of rotatable bonds is 7. The molecule has 28 heavy (non-hydrogen) atoms. The highest BCUT2D eigenvalue weighted by Crippen LogP contribution is 2.20. The molecule has 1 aliphatic rings. The van der Waals surface area contributed by atoms with Gasteiger partial charge in [-0.25, -0.2) is 0 Å². The molecule has 1 aliphatic heterocycles. The average molecular weight is 389 g/mol. The highest BCUT2D eigenvalue weighted by Gasteiger charge is 2.30. The number of anilines is 1. The number of piperidine rings is 1. The quantitative estimate of drug-likeness (QED) is 0.742. The van der Waals surface area contributed by atoms with Gasteiger partial charge in [0.25, 0.3) is 0 Å². The lowest BCUT2D eigenvalue weighted by Crippen LogP contribution is -2.51. The molecular formula is C21H32N4O3. The summed E-state index contributed by atoms with van der Waals surface area (Å²) in [6.07, 6.45) is 2.32. The summed E-state index contributed by atoms with van der Waals surface area (Å²) in [5, 5.41) is 5.59. The van der Waals surface area contributed by atoms with Crippen LogP contribution in [0.3, 0.4) is 0 Å². The standard InChI is InChI=1S/C21H32N4O3/c1-5-16-8-6-7-9-18(16)23-19(26)14-24(4)21(28)15(2)25-12-10-17(11-13-25)20(27)22-3/h6-9,15,17H,5,10-14H2,1-4H3,(H,22,27)(H,23,26). The second kappa shape index (κ2) is 10.2. The fraction of sp³-hybridized carbons (Fsp3) is 0.571. The molecule has 1 saturated heterocycles. The van der Waals surface area contributed by atoms with Gasteiger partial charge in [-0.15, -0.1) is 0 Å². The highest BCUT2D eigenvalue weighted by atomic mass is 16.2. The molecule has 0 radical (unpaired) electrons. The zero-order valence-electron chi connectivity index (χ0n) is 17.3. The summed E-state index contributed by atoms with van der Waals surface area (Å²) in [6.45, 7) is 5.32. The lowest BCUT2D eigenvalue weighted by Gasteiger charge is -2.36. The second-order valence-electron chi connectivity index (χ2n) is 7.35. The van der Waals surface area contributed by atoms with Crippen LogP contribution in [0.5, 0.6) is 0 Å². The number of hydrogen-bond donors (Lipinski definition) is 2. The van der Waals surface area contributed by atoms with Gasteiger partial charge in [0.1, 0.15) is 0 Å². The Morgan fingerprint density at radius 3 is 2.46 bits per heavy atom. The van der Waals surface area contributed by atoms with Crippen molar-refractivity contribution in [2.75, 3.05) is 39.0 Å². The molecule has 3 amide bonds. The molecule has 1 aromatic carbocycles. The molecular weight excluding hydrogens is 356 g/mol. The predicted octanol–water partition coefficient (Wildman–Crippen LogP) is 1.49. The minimum absolute atomic E-state index is 0.00985. The first kappa shape index (κ1) is 21.9. The van der Waals surface area contributed by atoms with Crippen LogP contribution in [0.25, 0.3) is 0 Å². The molecule has 154 valence electrons. The minimum atomic E-state index is -0.314. The summed E-state index contributed by atoms with van der Waals surface area (Å²) in [6, 6.07) is 7.37. The monoisotopic (exact) mass is 388 g/mol. The van der Waals surface area contributed by atoms with Gasteiger partial charge in [0.15, 0.2) is 0 Å². The van der Waals surface area contributed by atoms with Gasteiger partial charge in [-0.05, 0) is 50.9 Å². The first-order valence-electron chi connectivity index (χ1n) is 9.95. The SMILES string of the molecule is CCc1ccccc1NC(=O)CN(C)C(=O)C(C)N1CCC(C(=O)NC)CC1. The van der Waals surface area contributed by atoms with Crippen LogP contribution in [0.2, 0.25) is 0 Å². The Labute approximate surface area is 167 Å². The van der Waals surface area contributed by atoms with Crippen molar-refractivity contribution in [3.8, 4) is 0 Å². The van der Waals surface area contributed by atoms with E-state index in [2.05, 4.69) is 15.5 Å². The van der Waals surface area contributed by atoms with Crippen LogP contribution >= 0.6 is 0 Å². The van der Waals surface area contributed by atoms with Crippen LogP contribution < -0.4 is 10.6 Å². The van der Waals surface area contributed by atoms with Gasteiger partial charge in [0.2, 0.25) is 17.7 Å². The molecule has 1 atom stereocenters. The number of nitrogens with one attached hydrogen (secondary N) is 2. The normalized spacial score (nSPS) is 16.3. The van der Waals surface area contributed by atoms with Crippen LogP contribution in [0, 0.1) is 5.92 Å². The smallest absolute Gasteiger partial charge is 0.243 e. The number of likely N-dealkylation sites (N-methyl/N-ethyl adjacent to an activating group) is 1. The number of likely N-dealkylation sites (tertiary alicyclic amines) is 1. The summed E-state index contributed by atoms with van der Waals surface area (Å²) in [7, 11) is 3.31. The van der Waals surface area contributed by atoms with E-state index in [1.807, 2.05) is 38.1 Å². The third-order valence-corrected chi connectivity index (χ3v) is 5.48. The van der Waals surface area contributed by atoms with Gasteiger partial charge in [-0.1, -0.05) is 25.1 Å². The van der Waals surface area contributed by atoms with E-state index in [1.165, 1.54) is 4.90 Å². The van der Waals surface area contributed by atoms with Gasteiger partial charge in [-0.2, -0.15) is 0 Å². The topological polar surface area (TPSA) is 81.8 Å². The maximum atomic E-state index is 12.7.